The molecule has 2 aromatic carbocycles. The van der Waals surface area contributed by atoms with Crippen LogP contribution in [-0.4, -0.2) is 5.11 Å². The van der Waals surface area contributed by atoms with Crippen molar-refractivity contribution in [2.45, 2.75) is 6.92 Å². The lowest BCUT2D eigenvalue weighted by Crippen LogP contribution is -1.78. The monoisotopic (exact) mass is 284 g/mol. The van der Waals surface area contributed by atoms with Gasteiger partial charge in [-0.05, 0) is 64.7 Å². The van der Waals surface area contributed by atoms with Crippen molar-refractivity contribution in [1.82, 2.24) is 0 Å². The maximum Gasteiger partial charge on any atom is 0.123 e. The predicted octanol–water partition coefficient (Wildman–Crippen LogP) is 3.46. The Bertz CT molecular complexity index is 458. The summed E-state index contributed by atoms with van der Waals surface area (Å²) in [5.41, 5.74) is 1.09. The number of rotatable bonds is 0. The molecule has 0 radical (unpaired) electrons. The first-order valence-electron chi connectivity index (χ1n) is 4.06. The third-order valence-corrected chi connectivity index (χ3v) is 2.71. The molecule has 2 heteroatoms. The summed E-state index contributed by atoms with van der Waals surface area (Å²) in [7, 11) is 0. The summed E-state index contributed by atoms with van der Waals surface area (Å²) >= 11 is 2.27. The average molecular weight is 284 g/mol. The number of hydrogen-bond acceptors (Lipinski definition) is 1. The van der Waals surface area contributed by atoms with Gasteiger partial charge in [0.1, 0.15) is 5.75 Å². The van der Waals surface area contributed by atoms with Crippen LogP contribution < -0.4 is 0 Å². The second-order valence-corrected chi connectivity index (χ2v) is 4.40. The molecule has 13 heavy (non-hydrogen) atoms. The molecule has 0 aliphatic heterocycles. The van der Waals surface area contributed by atoms with Crippen molar-refractivity contribution in [2.24, 2.45) is 0 Å². The van der Waals surface area contributed by atoms with Crippen LogP contribution in [0.1, 0.15) is 5.56 Å². The van der Waals surface area contributed by atoms with Crippen LogP contribution in [0.5, 0.6) is 5.75 Å². The van der Waals surface area contributed by atoms with Crippen molar-refractivity contribution in [2.75, 3.05) is 0 Å². The van der Waals surface area contributed by atoms with E-state index in [0.717, 1.165) is 16.3 Å². The lowest BCUT2D eigenvalue weighted by Gasteiger charge is -2.03. The summed E-state index contributed by atoms with van der Waals surface area (Å²) in [5.74, 6) is 0.367. The first-order chi connectivity index (χ1) is 6.16. The molecule has 0 atom stereocenters. The molecule has 2 rings (SSSR count). The van der Waals surface area contributed by atoms with Crippen molar-refractivity contribution in [3.63, 3.8) is 0 Å². The summed E-state index contributed by atoms with van der Waals surface area (Å²) < 4.78 is 1.19. The third kappa shape index (κ3) is 1.63. The molecule has 0 bridgehead atoms. The van der Waals surface area contributed by atoms with Crippen LogP contribution in [0.15, 0.2) is 30.3 Å². The number of aromatic hydroxyl groups is 1. The highest BCUT2D eigenvalue weighted by molar-refractivity contribution is 14.1. The number of fused-ring (bicyclic) bond motifs is 1. The number of aryl methyl sites for hydroxylation is 1. The van der Waals surface area contributed by atoms with Crippen molar-refractivity contribution in [3.05, 3.63) is 39.5 Å². The van der Waals surface area contributed by atoms with E-state index in [2.05, 4.69) is 34.7 Å². The number of phenolic OH excluding ortho intramolecular Hbond substituents is 1. The van der Waals surface area contributed by atoms with Crippen LogP contribution >= 0.6 is 22.6 Å². The Balaban J connectivity index is 2.86. The van der Waals surface area contributed by atoms with E-state index in [0.29, 0.717) is 5.75 Å². The molecule has 0 aromatic heterocycles. The second kappa shape index (κ2) is 3.18. The number of hydrogen-bond donors (Lipinski definition) is 1. The fraction of sp³-hybridized carbons (Fsp3) is 0.0909. The van der Waals surface area contributed by atoms with Gasteiger partial charge in [0.05, 0.1) is 0 Å². The third-order valence-electron chi connectivity index (χ3n) is 2.04. The van der Waals surface area contributed by atoms with E-state index in [4.69, 9.17) is 0 Å². The molecule has 0 unspecified atom stereocenters. The summed E-state index contributed by atoms with van der Waals surface area (Å²) in [6, 6.07) is 9.89. The van der Waals surface area contributed by atoms with Gasteiger partial charge in [0, 0.05) is 8.96 Å². The molecule has 1 nitrogen and oxygen atoms in total. The summed E-state index contributed by atoms with van der Waals surface area (Å²) in [6.07, 6.45) is 0. The van der Waals surface area contributed by atoms with Crippen LogP contribution in [0, 0.1) is 10.5 Å². The van der Waals surface area contributed by atoms with Crippen molar-refractivity contribution in [3.8, 4) is 5.75 Å². The molecule has 0 fully saturated rings. The van der Waals surface area contributed by atoms with Gasteiger partial charge in [-0.3, -0.25) is 0 Å². The predicted molar refractivity (Wildman–Crippen MR) is 63.1 cm³/mol. The minimum Gasteiger partial charge on any atom is -0.507 e. The van der Waals surface area contributed by atoms with Gasteiger partial charge in [-0.15, -0.1) is 0 Å². The van der Waals surface area contributed by atoms with Crippen LogP contribution in [0.25, 0.3) is 10.8 Å². The molecule has 2 aromatic rings. The standard InChI is InChI=1S/C11H9IO/c1-7-4-8-6-9(12)2-3-10(8)11(13)5-7/h2-6,13H,1H3. The zero-order valence-electron chi connectivity index (χ0n) is 7.21. The lowest BCUT2D eigenvalue weighted by molar-refractivity contribution is 0.481. The van der Waals surface area contributed by atoms with Crippen molar-refractivity contribution >= 4 is 33.4 Å². The Morgan fingerprint density at radius 1 is 1.15 bits per heavy atom. The molecule has 1 N–H and O–H groups in total. The molecule has 0 saturated carbocycles. The highest BCUT2D eigenvalue weighted by Gasteiger charge is 2.00. The normalized spacial score (nSPS) is 10.6. The highest BCUT2D eigenvalue weighted by atomic mass is 127. The number of phenols is 1. The molecular weight excluding hydrogens is 275 g/mol. The first kappa shape index (κ1) is 8.81. The molecule has 0 aliphatic rings. The largest absolute Gasteiger partial charge is 0.507 e. The average Bonchev–Trinajstić information content (AvgIpc) is 2.02. The fourth-order valence-corrected chi connectivity index (χ4v) is 1.98. The lowest BCUT2D eigenvalue weighted by atomic mass is 10.1. The van der Waals surface area contributed by atoms with Crippen LogP contribution in [-0.2, 0) is 0 Å². The fourth-order valence-electron chi connectivity index (χ4n) is 1.47. The van der Waals surface area contributed by atoms with Crippen LogP contribution in [0.2, 0.25) is 0 Å². The quantitative estimate of drug-likeness (QED) is 0.734. The van der Waals surface area contributed by atoms with Crippen LogP contribution in [0.4, 0.5) is 0 Å². The Hall–Kier alpha value is -0.770. The van der Waals surface area contributed by atoms with Gasteiger partial charge in [0.25, 0.3) is 0 Å². The van der Waals surface area contributed by atoms with Gasteiger partial charge in [0.15, 0.2) is 0 Å². The summed E-state index contributed by atoms with van der Waals surface area (Å²) in [6.45, 7) is 1.99. The molecule has 0 spiro atoms. The van der Waals surface area contributed by atoms with E-state index in [9.17, 15) is 5.11 Å². The number of halogens is 1. The van der Waals surface area contributed by atoms with E-state index < -0.39 is 0 Å². The Kier molecular flexibility index (Phi) is 2.15. The minimum atomic E-state index is 0.367. The summed E-state index contributed by atoms with van der Waals surface area (Å²) in [5, 5.41) is 11.7. The van der Waals surface area contributed by atoms with Gasteiger partial charge < -0.3 is 5.11 Å². The Morgan fingerprint density at radius 2 is 1.92 bits per heavy atom. The van der Waals surface area contributed by atoms with Crippen molar-refractivity contribution < 1.29 is 5.11 Å². The molecule has 66 valence electrons. The van der Waals surface area contributed by atoms with E-state index in [1.165, 1.54) is 3.57 Å². The molecule has 0 aliphatic carbocycles. The molecule has 0 saturated heterocycles. The Labute approximate surface area is 90.5 Å². The topological polar surface area (TPSA) is 20.2 Å². The molecule has 0 heterocycles. The van der Waals surface area contributed by atoms with Gasteiger partial charge in [-0.2, -0.15) is 0 Å². The Morgan fingerprint density at radius 3 is 2.69 bits per heavy atom. The molecule has 0 amide bonds. The van der Waals surface area contributed by atoms with Gasteiger partial charge in [-0.25, -0.2) is 0 Å². The zero-order chi connectivity index (χ0) is 9.42. The van der Waals surface area contributed by atoms with Gasteiger partial charge in [0.2, 0.25) is 0 Å². The van der Waals surface area contributed by atoms with Gasteiger partial charge >= 0.3 is 0 Å². The van der Waals surface area contributed by atoms with E-state index >= 15 is 0 Å². The second-order valence-electron chi connectivity index (χ2n) is 3.15. The minimum absolute atomic E-state index is 0.367. The van der Waals surface area contributed by atoms with Crippen molar-refractivity contribution in [1.29, 1.82) is 0 Å². The van der Waals surface area contributed by atoms with E-state index in [1.54, 1.807) is 6.07 Å². The maximum absolute atomic E-state index is 9.64. The summed E-state index contributed by atoms with van der Waals surface area (Å²) in [4.78, 5) is 0. The smallest absolute Gasteiger partial charge is 0.123 e. The highest BCUT2D eigenvalue weighted by Crippen LogP contribution is 2.27. The SMILES string of the molecule is Cc1cc(O)c2ccc(I)cc2c1. The maximum atomic E-state index is 9.64. The first-order valence-corrected chi connectivity index (χ1v) is 5.13. The van der Waals surface area contributed by atoms with Crippen LogP contribution in [0.3, 0.4) is 0 Å². The van der Waals surface area contributed by atoms with Gasteiger partial charge in [-0.1, -0.05) is 6.07 Å². The zero-order valence-corrected chi connectivity index (χ0v) is 9.37. The molecular formula is C11H9IO. The van der Waals surface area contributed by atoms with E-state index in [-0.39, 0.29) is 0 Å². The number of benzene rings is 2. The van der Waals surface area contributed by atoms with E-state index in [1.807, 2.05) is 19.1 Å².